The molecule has 1 amide bonds. The van der Waals surface area contributed by atoms with Crippen molar-refractivity contribution in [3.05, 3.63) is 58.6 Å². The van der Waals surface area contributed by atoms with Gasteiger partial charge in [0.15, 0.2) is 6.61 Å². The third kappa shape index (κ3) is 4.43. The minimum Gasteiger partial charge on any atom is -0.485 e. The zero-order chi connectivity index (χ0) is 15.2. The van der Waals surface area contributed by atoms with Crippen LogP contribution in [-0.2, 0) is 4.79 Å². The Morgan fingerprint density at radius 1 is 1.10 bits per heavy atom. The van der Waals surface area contributed by atoms with Crippen molar-refractivity contribution in [2.75, 3.05) is 11.9 Å². The van der Waals surface area contributed by atoms with Crippen molar-refractivity contribution in [1.82, 2.24) is 0 Å². The van der Waals surface area contributed by atoms with Gasteiger partial charge in [0.25, 0.3) is 0 Å². The summed E-state index contributed by atoms with van der Waals surface area (Å²) in [6.07, 6.45) is 0. The van der Waals surface area contributed by atoms with Gasteiger partial charge in [-0.25, -0.2) is 0 Å². The van der Waals surface area contributed by atoms with Crippen LogP contribution in [0.25, 0.3) is 0 Å². The highest BCUT2D eigenvalue weighted by molar-refractivity contribution is 9.10. The number of benzene rings is 2. The number of hydrogen-bond acceptors (Lipinski definition) is 3. The Morgan fingerprint density at radius 3 is 2.38 bits per heavy atom. The van der Waals surface area contributed by atoms with Gasteiger partial charge in [0.2, 0.25) is 11.7 Å². The van der Waals surface area contributed by atoms with Crippen LogP contribution in [0.3, 0.4) is 0 Å². The van der Waals surface area contributed by atoms with E-state index in [9.17, 15) is 9.59 Å². The number of Topliss-reactive ketones (excluding diaryl/α,β-unsaturated/α-hetero) is 1. The Bertz CT molecular complexity index is 653. The van der Waals surface area contributed by atoms with Crippen molar-refractivity contribution >= 4 is 33.3 Å². The van der Waals surface area contributed by atoms with E-state index in [2.05, 4.69) is 21.2 Å². The van der Waals surface area contributed by atoms with E-state index < -0.39 is 0 Å². The van der Waals surface area contributed by atoms with Gasteiger partial charge in [0.05, 0.1) is 0 Å². The number of nitrogens with one attached hydrogen (secondary N) is 1. The predicted molar refractivity (Wildman–Crippen MR) is 84.7 cm³/mol. The molecule has 0 spiro atoms. The average molecular weight is 348 g/mol. The Morgan fingerprint density at radius 2 is 1.76 bits per heavy atom. The van der Waals surface area contributed by atoms with Gasteiger partial charge in [0, 0.05) is 22.6 Å². The number of ether oxygens (including phenoxy) is 1. The van der Waals surface area contributed by atoms with Crippen LogP contribution >= 0.6 is 15.9 Å². The first kappa shape index (κ1) is 15.3. The predicted octanol–water partition coefficient (Wildman–Crippen LogP) is 3.67. The number of halogens is 1. The molecule has 0 atom stereocenters. The van der Waals surface area contributed by atoms with Crippen LogP contribution in [0.15, 0.2) is 53.0 Å². The van der Waals surface area contributed by atoms with Crippen LogP contribution in [-0.4, -0.2) is 18.3 Å². The maximum atomic E-state index is 12.0. The molecule has 0 heterocycles. The van der Waals surface area contributed by atoms with Gasteiger partial charge in [-0.3, -0.25) is 9.59 Å². The van der Waals surface area contributed by atoms with E-state index in [1.165, 1.54) is 6.92 Å². The van der Waals surface area contributed by atoms with E-state index >= 15 is 0 Å². The summed E-state index contributed by atoms with van der Waals surface area (Å²) in [5.74, 6) is 0.339. The van der Waals surface area contributed by atoms with Gasteiger partial charge < -0.3 is 10.1 Å². The number of carbonyl (C=O) groups excluding carboxylic acids is 2. The van der Waals surface area contributed by atoms with Crippen molar-refractivity contribution in [2.45, 2.75) is 6.92 Å². The molecule has 0 radical (unpaired) electrons. The maximum Gasteiger partial charge on any atom is 0.221 e. The zero-order valence-electron chi connectivity index (χ0n) is 11.4. The van der Waals surface area contributed by atoms with Gasteiger partial charge in [-0.05, 0) is 30.3 Å². The van der Waals surface area contributed by atoms with Gasteiger partial charge in [-0.2, -0.15) is 0 Å². The Kier molecular flexibility index (Phi) is 5.11. The monoisotopic (exact) mass is 347 g/mol. The Balaban J connectivity index is 1.95. The lowest BCUT2D eigenvalue weighted by atomic mass is 10.1. The van der Waals surface area contributed by atoms with Gasteiger partial charge >= 0.3 is 0 Å². The summed E-state index contributed by atoms with van der Waals surface area (Å²) in [6.45, 7) is 1.41. The number of ketones is 1. The lowest BCUT2D eigenvalue weighted by Crippen LogP contribution is -2.12. The van der Waals surface area contributed by atoms with E-state index in [1.54, 1.807) is 36.4 Å². The number of rotatable bonds is 5. The highest BCUT2D eigenvalue weighted by atomic mass is 79.9. The lowest BCUT2D eigenvalue weighted by molar-refractivity contribution is -0.114. The van der Waals surface area contributed by atoms with E-state index in [0.29, 0.717) is 17.0 Å². The number of anilines is 1. The fraction of sp³-hybridized carbons (Fsp3) is 0.125. The summed E-state index contributed by atoms with van der Waals surface area (Å²) < 4.78 is 6.20. The zero-order valence-corrected chi connectivity index (χ0v) is 13.0. The first-order valence-electron chi connectivity index (χ1n) is 6.34. The van der Waals surface area contributed by atoms with Crippen molar-refractivity contribution in [3.63, 3.8) is 0 Å². The molecule has 108 valence electrons. The second-order valence-electron chi connectivity index (χ2n) is 4.40. The lowest BCUT2D eigenvalue weighted by Gasteiger charge is -2.08. The molecule has 2 aromatic rings. The summed E-state index contributed by atoms with van der Waals surface area (Å²) in [6, 6.07) is 14.1. The molecule has 0 aromatic heterocycles. The van der Waals surface area contributed by atoms with Crippen LogP contribution in [0, 0.1) is 0 Å². The molecule has 0 aliphatic rings. The van der Waals surface area contributed by atoms with Gasteiger partial charge in [-0.1, -0.05) is 34.1 Å². The van der Waals surface area contributed by atoms with Gasteiger partial charge in [0.1, 0.15) is 5.75 Å². The minimum atomic E-state index is -0.132. The van der Waals surface area contributed by atoms with E-state index in [0.717, 1.165) is 4.47 Å². The summed E-state index contributed by atoms with van der Waals surface area (Å²) in [4.78, 5) is 22.9. The van der Waals surface area contributed by atoms with Crippen LogP contribution in [0.5, 0.6) is 5.75 Å². The summed E-state index contributed by atoms with van der Waals surface area (Å²) in [7, 11) is 0. The normalized spacial score (nSPS) is 10.0. The SMILES string of the molecule is CC(=O)Nc1ccc(OCC(=O)c2ccccc2Br)cc1. The molecular weight excluding hydrogens is 334 g/mol. The Labute approximate surface area is 131 Å². The first-order valence-corrected chi connectivity index (χ1v) is 7.14. The summed E-state index contributed by atoms with van der Waals surface area (Å²) in [5.41, 5.74) is 1.28. The fourth-order valence-electron chi connectivity index (χ4n) is 1.75. The molecule has 0 aliphatic heterocycles. The van der Waals surface area contributed by atoms with Gasteiger partial charge in [-0.15, -0.1) is 0 Å². The second-order valence-corrected chi connectivity index (χ2v) is 5.25. The number of carbonyl (C=O) groups is 2. The summed E-state index contributed by atoms with van der Waals surface area (Å²) in [5, 5.41) is 2.66. The molecular formula is C16H14BrNO3. The van der Waals surface area contributed by atoms with Crippen LogP contribution < -0.4 is 10.1 Å². The third-order valence-electron chi connectivity index (χ3n) is 2.72. The molecule has 0 unspecified atom stereocenters. The summed E-state index contributed by atoms with van der Waals surface area (Å²) >= 11 is 3.34. The molecule has 0 saturated heterocycles. The third-order valence-corrected chi connectivity index (χ3v) is 3.41. The van der Waals surface area contributed by atoms with E-state index in [1.807, 2.05) is 12.1 Å². The standard InChI is InChI=1S/C16H14BrNO3/c1-11(19)18-12-6-8-13(9-7-12)21-10-16(20)14-4-2-3-5-15(14)17/h2-9H,10H2,1H3,(H,18,19). The minimum absolute atomic E-state index is 0.0396. The largest absolute Gasteiger partial charge is 0.485 e. The van der Waals surface area contributed by atoms with Crippen molar-refractivity contribution < 1.29 is 14.3 Å². The molecule has 2 aromatic carbocycles. The Hall–Kier alpha value is -2.14. The van der Waals surface area contributed by atoms with E-state index in [-0.39, 0.29) is 18.3 Å². The number of amides is 1. The molecule has 5 heteroatoms. The highest BCUT2D eigenvalue weighted by Crippen LogP contribution is 2.18. The maximum absolute atomic E-state index is 12.0. The van der Waals surface area contributed by atoms with E-state index in [4.69, 9.17) is 4.74 Å². The highest BCUT2D eigenvalue weighted by Gasteiger charge is 2.10. The molecule has 0 aliphatic carbocycles. The second kappa shape index (κ2) is 7.04. The molecule has 4 nitrogen and oxygen atoms in total. The fourth-order valence-corrected chi connectivity index (χ4v) is 2.26. The van der Waals surface area contributed by atoms with Crippen molar-refractivity contribution in [3.8, 4) is 5.75 Å². The van der Waals surface area contributed by atoms with Crippen LogP contribution in [0.2, 0.25) is 0 Å². The van der Waals surface area contributed by atoms with Crippen molar-refractivity contribution in [1.29, 1.82) is 0 Å². The van der Waals surface area contributed by atoms with Crippen LogP contribution in [0.1, 0.15) is 17.3 Å². The number of hydrogen-bond donors (Lipinski definition) is 1. The molecule has 0 bridgehead atoms. The quantitative estimate of drug-likeness (QED) is 0.839. The smallest absolute Gasteiger partial charge is 0.221 e. The first-order chi connectivity index (χ1) is 10.1. The molecule has 0 fully saturated rings. The molecule has 0 saturated carbocycles. The average Bonchev–Trinajstić information content (AvgIpc) is 2.46. The van der Waals surface area contributed by atoms with Crippen LogP contribution in [0.4, 0.5) is 5.69 Å². The molecule has 2 rings (SSSR count). The van der Waals surface area contributed by atoms with Crippen molar-refractivity contribution in [2.24, 2.45) is 0 Å². The topological polar surface area (TPSA) is 55.4 Å². The molecule has 1 N–H and O–H groups in total. The molecule has 21 heavy (non-hydrogen) atoms.